The van der Waals surface area contributed by atoms with E-state index in [0.717, 1.165) is 30.6 Å². The number of anilines is 1. The van der Waals surface area contributed by atoms with Gasteiger partial charge in [-0.05, 0) is 31.0 Å². The Kier molecular flexibility index (Phi) is 4.48. The summed E-state index contributed by atoms with van der Waals surface area (Å²) in [5.74, 6) is 1.03. The number of para-hydroxylation sites is 1. The molecule has 0 radical (unpaired) electrons. The Balaban J connectivity index is 1.37. The molecule has 9 heteroatoms. The van der Waals surface area contributed by atoms with Crippen LogP contribution in [0.4, 0.5) is 5.82 Å². The van der Waals surface area contributed by atoms with Crippen LogP contribution in [-0.2, 0) is 4.74 Å². The number of nitrogens with zero attached hydrogens (tertiary/aromatic N) is 6. The van der Waals surface area contributed by atoms with Gasteiger partial charge in [0.25, 0.3) is 5.78 Å². The molecule has 1 aliphatic rings. The maximum atomic E-state index is 12.8. The molecule has 0 amide bonds. The zero-order valence-electron chi connectivity index (χ0n) is 15.4. The molecule has 0 N–H and O–H groups in total. The van der Waals surface area contributed by atoms with Crippen molar-refractivity contribution in [3.05, 3.63) is 59.6 Å². The van der Waals surface area contributed by atoms with Crippen molar-refractivity contribution in [3.8, 4) is 0 Å². The first-order chi connectivity index (χ1) is 14.2. The Bertz CT molecular complexity index is 1210. The highest BCUT2D eigenvalue weighted by Gasteiger charge is 2.28. The van der Waals surface area contributed by atoms with Crippen molar-refractivity contribution in [2.75, 3.05) is 18.1 Å². The van der Waals surface area contributed by atoms with Gasteiger partial charge in [-0.1, -0.05) is 29.8 Å². The number of carbonyl (C=O) groups is 1. The van der Waals surface area contributed by atoms with Gasteiger partial charge in [0.2, 0.25) is 0 Å². The van der Waals surface area contributed by atoms with Crippen LogP contribution in [0.25, 0.3) is 16.7 Å². The quantitative estimate of drug-likeness (QED) is 0.378. The number of aromatic nitrogens is 5. The molecule has 0 spiro atoms. The summed E-state index contributed by atoms with van der Waals surface area (Å²) in [4.78, 5) is 27.6. The van der Waals surface area contributed by atoms with Crippen molar-refractivity contribution in [1.82, 2.24) is 24.6 Å². The molecular weight excluding hydrogens is 392 g/mol. The molecule has 1 atom stereocenters. The first-order valence-corrected chi connectivity index (χ1v) is 9.72. The summed E-state index contributed by atoms with van der Waals surface area (Å²) in [5.41, 5.74) is 1.09. The first kappa shape index (κ1) is 17.8. The number of halogens is 1. The standard InChI is InChI=1S/C20H17ClN6O2/c21-17-10-15(14-5-1-2-6-16(14)25-17)19(28)29-11-13-4-3-9-26(13)18-7-8-22-20-23-12-24-27(18)20/h1-2,5-8,10,12-13H,3-4,9,11H2/t13-/m1/s1. The number of pyridine rings is 1. The largest absolute Gasteiger partial charge is 0.460 e. The molecule has 29 heavy (non-hydrogen) atoms. The van der Waals surface area contributed by atoms with Gasteiger partial charge in [0.15, 0.2) is 0 Å². The summed E-state index contributed by atoms with van der Waals surface area (Å²) in [6.45, 7) is 1.12. The van der Waals surface area contributed by atoms with E-state index in [1.807, 2.05) is 30.3 Å². The SMILES string of the molecule is O=C(OC[C@H]1CCCN1c1ccnc2ncnn12)c1cc(Cl)nc2ccccc12. The normalized spacial score (nSPS) is 16.6. The summed E-state index contributed by atoms with van der Waals surface area (Å²) in [5, 5.41) is 5.25. The second-order valence-electron chi connectivity index (χ2n) is 6.87. The lowest BCUT2D eigenvalue weighted by Gasteiger charge is -2.26. The third-order valence-corrected chi connectivity index (χ3v) is 5.34. The molecule has 1 aromatic carbocycles. The third-order valence-electron chi connectivity index (χ3n) is 5.14. The zero-order valence-corrected chi connectivity index (χ0v) is 16.2. The van der Waals surface area contributed by atoms with Crippen molar-refractivity contribution in [2.45, 2.75) is 18.9 Å². The Morgan fingerprint density at radius 2 is 2.14 bits per heavy atom. The summed E-state index contributed by atoms with van der Waals surface area (Å²) in [6.07, 6.45) is 5.12. The van der Waals surface area contributed by atoms with Crippen LogP contribution in [-0.4, -0.2) is 49.7 Å². The molecule has 3 aromatic heterocycles. The molecule has 0 saturated carbocycles. The van der Waals surface area contributed by atoms with Crippen LogP contribution < -0.4 is 4.90 Å². The van der Waals surface area contributed by atoms with Gasteiger partial charge in [0, 0.05) is 18.1 Å². The molecule has 1 saturated heterocycles. The molecule has 1 fully saturated rings. The smallest absolute Gasteiger partial charge is 0.339 e. The number of hydrogen-bond acceptors (Lipinski definition) is 7. The Hall–Kier alpha value is -3.26. The van der Waals surface area contributed by atoms with Gasteiger partial charge >= 0.3 is 5.97 Å². The van der Waals surface area contributed by atoms with Crippen LogP contribution in [0, 0.1) is 0 Å². The van der Waals surface area contributed by atoms with E-state index in [4.69, 9.17) is 16.3 Å². The second kappa shape index (κ2) is 7.29. The highest BCUT2D eigenvalue weighted by atomic mass is 35.5. The minimum absolute atomic E-state index is 0.0531. The van der Waals surface area contributed by atoms with Gasteiger partial charge in [-0.3, -0.25) is 0 Å². The molecule has 0 aliphatic carbocycles. The number of hydrogen-bond donors (Lipinski definition) is 0. The molecule has 0 unspecified atom stereocenters. The molecule has 5 rings (SSSR count). The summed E-state index contributed by atoms with van der Waals surface area (Å²) in [7, 11) is 0. The van der Waals surface area contributed by atoms with E-state index in [-0.39, 0.29) is 17.8 Å². The van der Waals surface area contributed by atoms with Gasteiger partial charge in [0.1, 0.15) is 23.9 Å². The molecule has 4 heterocycles. The van der Waals surface area contributed by atoms with Crippen LogP contribution in [0.5, 0.6) is 0 Å². The predicted molar refractivity (Wildman–Crippen MR) is 108 cm³/mol. The van der Waals surface area contributed by atoms with Crippen molar-refractivity contribution in [2.24, 2.45) is 0 Å². The van der Waals surface area contributed by atoms with E-state index in [1.165, 1.54) is 6.33 Å². The molecular formula is C20H17ClN6O2. The number of carbonyl (C=O) groups excluding carboxylic acids is 1. The number of rotatable bonds is 4. The lowest BCUT2D eigenvalue weighted by molar-refractivity contribution is 0.0485. The van der Waals surface area contributed by atoms with Crippen LogP contribution in [0.2, 0.25) is 5.15 Å². The lowest BCUT2D eigenvalue weighted by atomic mass is 10.1. The third kappa shape index (κ3) is 3.25. The number of ether oxygens (including phenoxy) is 1. The zero-order chi connectivity index (χ0) is 19.8. The fraction of sp³-hybridized carbons (Fsp3) is 0.250. The van der Waals surface area contributed by atoms with Gasteiger partial charge < -0.3 is 9.64 Å². The maximum absolute atomic E-state index is 12.8. The van der Waals surface area contributed by atoms with Crippen LogP contribution >= 0.6 is 11.6 Å². The lowest BCUT2D eigenvalue weighted by Crippen LogP contribution is -2.35. The number of fused-ring (bicyclic) bond motifs is 2. The van der Waals surface area contributed by atoms with Gasteiger partial charge in [-0.2, -0.15) is 14.6 Å². The average Bonchev–Trinajstić information content (AvgIpc) is 3.40. The Morgan fingerprint density at radius 3 is 3.07 bits per heavy atom. The van der Waals surface area contributed by atoms with Crippen molar-refractivity contribution in [1.29, 1.82) is 0 Å². The fourth-order valence-electron chi connectivity index (χ4n) is 3.82. The van der Waals surface area contributed by atoms with Crippen molar-refractivity contribution in [3.63, 3.8) is 0 Å². The van der Waals surface area contributed by atoms with Crippen molar-refractivity contribution >= 4 is 40.1 Å². The van der Waals surface area contributed by atoms with Crippen LogP contribution in [0.1, 0.15) is 23.2 Å². The van der Waals surface area contributed by atoms with E-state index in [2.05, 4.69) is 25.0 Å². The van der Waals surface area contributed by atoms with Gasteiger partial charge in [-0.15, -0.1) is 0 Å². The Labute approximate surface area is 171 Å². The summed E-state index contributed by atoms with van der Waals surface area (Å²) < 4.78 is 7.40. The minimum atomic E-state index is -0.405. The van der Waals surface area contributed by atoms with E-state index >= 15 is 0 Å². The molecule has 146 valence electrons. The minimum Gasteiger partial charge on any atom is -0.460 e. The first-order valence-electron chi connectivity index (χ1n) is 9.34. The highest BCUT2D eigenvalue weighted by Crippen LogP contribution is 2.26. The van der Waals surface area contributed by atoms with Gasteiger partial charge in [0.05, 0.1) is 17.1 Å². The summed E-state index contributed by atoms with van der Waals surface area (Å²) >= 11 is 6.09. The summed E-state index contributed by atoms with van der Waals surface area (Å²) in [6, 6.07) is 10.9. The average molecular weight is 409 g/mol. The predicted octanol–water partition coefficient (Wildman–Crippen LogP) is 3.15. The fourth-order valence-corrected chi connectivity index (χ4v) is 4.02. The second-order valence-corrected chi connectivity index (χ2v) is 7.26. The molecule has 4 aromatic rings. The van der Waals surface area contributed by atoms with Crippen molar-refractivity contribution < 1.29 is 9.53 Å². The maximum Gasteiger partial charge on any atom is 0.339 e. The van der Waals surface area contributed by atoms with Gasteiger partial charge in [-0.25, -0.2) is 14.8 Å². The molecule has 0 bridgehead atoms. The number of esters is 1. The van der Waals surface area contributed by atoms with E-state index in [1.54, 1.807) is 16.8 Å². The molecule has 1 aliphatic heterocycles. The highest BCUT2D eigenvalue weighted by molar-refractivity contribution is 6.30. The van der Waals surface area contributed by atoms with Crippen LogP contribution in [0.15, 0.2) is 48.9 Å². The Morgan fingerprint density at radius 1 is 1.24 bits per heavy atom. The topological polar surface area (TPSA) is 85.5 Å². The molecule has 8 nitrogen and oxygen atoms in total. The monoisotopic (exact) mass is 408 g/mol. The van der Waals surface area contributed by atoms with Crippen LogP contribution in [0.3, 0.4) is 0 Å². The van der Waals surface area contributed by atoms with E-state index in [0.29, 0.717) is 16.9 Å². The number of benzene rings is 1. The van der Waals surface area contributed by atoms with E-state index in [9.17, 15) is 4.79 Å². The van der Waals surface area contributed by atoms with E-state index < -0.39 is 5.97 Å².